The molecule has 0 aromatic heterocycles. The van der Waals surface area contributed by atoms with Crippen LogP contribution in [0.4, 0.5) is 0 Å². The third kappa shape index (κ3) is 5.41. The van der Waals surface area contributed by atoms with E-state index >= 15 is 0 Å². The molecular formula is C21H22N2O4. The molecule has 1 saturated carbocycles. The van der Waals surface area contributed by atoms with Crippen molar-refractivity contribution in [1.82, 2.24) is 10.6 Å². The average molecular weight is 366 g/mol. The zero-order valence-electron chi connectivity index (χ0n) is 14.9. The van der Waals surface area contributed by atoms with E-state index in [-0.39, 0.29) is 24.8 Å². The summed E-state index contributed by atoms with van der Waals surface area (Å²) in [6.07, 6.45) is 1.72. The topological polar surface area (TPSA) is 95.5 Å². The van der Waals surface area contributed by atoms with Gasteiger partial charge in [0.2, 0.25) is 5.91 Å². The molecule has 1 fully saturated rings. The van der Waals surface area contributed by atoms with E-state index in [0.717, 1.165) is 24.0 Å². The Balaban J connectivity index is 1.66. The fourth-order valence-corrected chi connectivity index (χ4v) is 2.75. The molecule has 0 bridgehead atoms. The number of carboxylic acids is 1. The van der Waals surface area contributed by atoms with Gasteiger partial charge >= 0.3 is 5.97 Å². The Hall–Kier alpha value is -3.15. The predicted molar refractivity (Wildman–Crippen MR) is 101 cm³/mol. The highest BCUT2D eigenvalue weighted by atomic mass is 16.4. The van der Waals surface area contributed by atoms with Crippen molar-refractivity contribution in [3.8, 4) is 11.1 Å². The van der Waals surface area contributed by atoms with Crippen molar-refractivity contribution in [2.45, 2.75) is 37.8 Å². The maximum Gasteiger partial charge on any atom is 0.303 e. The molecule has 2 aromatic carbocycles. The maximum absolute atomic E-state index is 12.5. The minimum absolute atomic E-state index is 0.0573. The summed E-state index contributed by atoms with van der Waals surface area (Å²) < 4.78 is 0. The summed E-state index contributed by atoms with van der Waals surface area (Å²) in [6.45, 7) is 0. The molecule has 0 aliphatic heterocycles. The van der Waals surface area contributed by atoms with Crippen molar-refractivity contribution in [2.75, 3.05) is 0 Å². The van der Waals surface area contributed by atoms with Gasteiger partial charge in [-0.3, -0.25) is 14.4 Å². The molecule has 140 valence electrons. The first kappa shape index (κ1) is 18.6. The minimum atomic E-state index is -0.999. The fourth-order valence-electron chi connectivity index (χ4n) is 2.75. The molecule has 1 atom stereocenters. The Kier molecular flexibility index (Phi) is 5.86. The van der Waals surface area contributed by atoms with Crippen molar-refractivity contribution in [3.63, 3.8) is 0 Å². The van der Waals surface area contributed by atoms with Gasteiger partial charge in [0.05, 0.1) is 0 Å². The fraction of sp³-hybridized carbons (Fsp3) is 0.286. The van der Waals surface area contributed by atoms with Crippen LogP contribution in [0, 0.1) is 0 Å². The number of carbonyl (C=O) groups excluding carboxylic acids is 2. The quantitative estimate of drug-likeness (QED) is 0.669. The molecule has 0 unspecified atom stereocenters. The Bertz CT molecular complexity index is 814. The van der Waals surface area contributed by atoms with E-state index in [1.54, 1.807) is 12.1 Å². The van der Waals surface area contributed by atoms with Gasteiger partial charge in [0, 0.05) is 18.0 Å². The van der Waals surface area contributed by atoms with Crippen LogP contribution in [0.1, 0.15) is 36.0 Å². The molecule has 2 amide bonds. The lowest BCUT2D eigenvalue weighted by Gasteiger charge is -2.18. The van der Waals surface area contributed by atoms with Crippen molar-refractivity contribution in [1.29, 1.82) is 0 Å². The lowest BCUT2D eigenvalue weighted by Crippen LogP contribution is -2.47. The Morgan fingerprint density at radius 3 is 2.19 bits per heavy atom. The van der Waals surface area contributed by atoms with Crippen LogP contribution in [0.2, 0.25) is 0 Å². The number of hydrogen-bond donors (Lipinski definition) is 3. The molecule has 2 aromatic rings. The third-order valence-electron chi connectivity index (χ3n) is 4.45. The van der Waals surface area contributed by atoms with Crippen molar-refractivity contribution in [2.24, 2.45) is 0 Å². The van der Waals surface area contributed by atoms with Crippen LogP contribution >= 0.6 is 0 Å². The van der Waals surface area contributed by atoms with E-state index in [1.807, 2.05) is 42.5 Å². The van der Waals surface area contributed by atoms with Gasteiger partial charge in [0.25, 0.3) is 5.91 Å². The number of nitrogens with one attached hydrogen (secondary N) is 2. The molecule has 1 aliphatic carbocycles. The second-order valence-corrected chi connectivity index (χ2v) is 6.68. The number of amides is 2. The summed E-state index contributed by atoms with van der Waals surface area (Å²) in [5, 5.41) is 14.4. The monoisotopic (exact) mass is 366 g/mol. The number of carboxylic acid groups (broad SMARTS) is 1. The summed E-state index contributed by atoms with van der Waals surface area (Å²) in [4.78, 5) is 35.7. The van der Waals surface area contributed by atoms with E-state index in [9.17, 15) is 14.4 Å². The lowest BCUT2D eigenvalue weighted by atomic mass is 10.0. The van der Waals surface area contributed by atoms with Crippen LogP contribution in [-0.4, -0.2) is 35.0 Å². The highest BCUT2D eigenvalue weighted by Gasteiger charge is 2.28. The normalized spacial score (nSPS) is 14.2. The summed E-state index contributed by atoms with van der Waals surface area (Å²) in [5.74, 6) is -1.72. The smallest absolute Gasteiger partial charge is 0.303 e. The Morgan fingerprint density at radius 1 is 0.963 bits per heavy atom. The largest absolute Gasteiger partial charge is 0.481 e. The zero-order valence-corrected chi connectivity index (χ0v) is 14.9. The second-order valence-electron chi connectivity index (χ2n) is 6.68. The van der Waals surface area contributed by atoms with Crippen LogP contribution < -0.4 is 10.6 Å². The van der Waals surface area contributed by atoms with Gasteiger partial charge in [-0.1, -0.05) is 42.5 Å². The van der Waals surface area contributed by atoms with E-state index < -0.39 is 17.9 Å². The third-order valence-corrected chi connectivity index (χ3v) is 4.45. The van der Waals surface area contributed by atoms with Crippen molar-refractivity contribution >= 4 is 17.8 Å². The van der Waals surface area contributed by atoms with Gasteiger partial charge < -0.3 is 15.7 Å². The summed E-state index contributed by atoms with van der Waals surface area (Å²) in [5.41, 5.74) is 2.46. The van der Waals surface area contributed by atoms with E-state index in [1.165, 1.54) is 0 Å². The summed E-state index contributed by atoms with van der Waals surface area (Å²) in [7, 11) is 0. The van der Waals surface area contributed by atoms with Crippen LogP contribution in [0.5, 0.6) is 0 Å². The molecule has 3 N–H and O–H groups in total. The first-order chi connectivity index (χ1) is 13.0. The molecule has 6 nitrogen and oxygen atoms in total. The molecule has 3 rings (SSSR count). The predicted octanol–water partition coefficient (Wildman–Crippen LogP) is 2.60. The summed E-state index contributed by atoms with van der Waals surface area (Å²) in [6, 6.07) is 16.2. The maximum atomic E-state index is 12.5. The molecule has 27 heavy (non-hydrogen) atoms. The van der Waals surface area contributed by atoms with E-state index in [4.69, 9.17) is 5.11 Å². The number of hydrogen-bond acceptors (Lipinski definition) is 3. The van der Waals surface area contributed by atoms with Gasteiger partial charge in [-0.15, -0.1) is 0 Å². The van der Waals surface area contributed by atoms with Gasteiger partial charge in [0.15, 0.2) is 0 Å². The first-order valence-corrected chi connectivity index (χ1v) is 9.01. The number of carbonyl (C=O) groups is 3. The second kappa shape index (κ2) is 8.49. The average Bonchev–Trinajstić information content (AvgIpc) is 3.49. The Labute approximate surface area is 157 Å². The molecule has 1 aliphatic rings. The Morgan fingerprint density at radius 2 is 1.59 bits per heavy atom. The lowest BCUT2D eigenvalue weighted by molar-refractivity contribution is -0.137. The highest BCUT2D eigenvalue weighted by Crippen LogP contribution is 2.20. The van der Waals surface area contributed by atoms with Gasteiger partial charge in [-0.05, 0) is 42.5 Å². The summed E-state index contributed by atoms with van der Waals surface area (Å²) >= 11 is 0. The number of aliphatic carboxylic acids is 1. The molecule has 0 spiro atoms. The van der Waals surface area contributed by atoms with Crippen molar-refractivity contribution < 1.29 is 19.5 Å². The zero-order chi connectivity index (χ0) is 19.2. The van der Waals surface area contributed by atoms with Crippen LogP contribution in [-0.2, 0) is 9.59 Å². The highest BCUT2D eigenvalue weighted by molar-refractivity contribution is 5.98. The minimum Gasteiger partial charge on any atom is -0.481 e. The molecular weight excluding hydrogens is 344 g/mol. The molecule has 0 saturated heterocycles. The number of rotatable bonds is 8. The van der Waals surface area contributed by atoms with Crippen LogP contribution in [0.3, 0.4) is 0 Å². The molecule has 6 heteroatoms. The van der Waals surface area contributed by atoms with E-state index in [0.29, 0.717) is 5.56 Å². The first-order valence-electron chi connectivity index (χ1n) is 9.01. The van der Waals surface area contributed by atoms with E-state index in [2.05, 4.69) is 10.6 Å². The van der Waals surface area contributed by atoms with Crippen molar-refractivity contribution in [3.05, 3.63) is 60.2 Å². The molecule has 0 radical (unpaired) electrons. The number of benzene rings is 2. The van der Waals surface area contributed by atoms with Gasteiger partial charge in [-0.25, -0.2) is 0 Å². The van der Waals surface area contributed by atoms with Crippen LogP contribution in [0.15, 0.2) is 54.6 Å². The molecule has 0 heterocycles. The van der Waals surface area contributed by atoms with Crippen LogP contribution in [0.25, 0.3) is 11.1 Å². The van der Waals surface area contributed by atoms with Gasteiger partial charge in [0.1, 0.15) is 6.04 Å². The van der Waals surface area contributed by atoms with Gasteiger partial charge in [-0.2, -0.15) is 0 Å². The standard InChI is InChI=1S/C21H22N2O4/c24-19(25)13-12-18(21(27)22-17-10-11-17)23-20(26)16-8-6-15(7-9-16)14-4-2-1-3-5-14/h1-9,17-18H,10-13H2,(H,22,27)(H,23,26)(H,24,25)/t18-/m0/s1. The SMILES string of the molecule is O=C(O)CC[C@H](NC(=O)c1ccc(-c2ccccc2)cc1)C(=O)NC1CC1.